The molecule has 0 radical (unpaired) electrons. The van der Waals surface area contributed by atoms with Crippen LogP contribution < -0.4 is 0 Å². The Morgan fingerprint density at radius 3 is 2.52 bits per heavy atom. The molecule has 9 heteroatoms. The summed E-state index contributed by atoms with van der Waals surface area (Å²) in [5.74, 6) is -0.536. The van der Waals surface area contributed by atoms with Crippen molar-refractivity contribution in [2.45, 2.75) is 17.2 Å². The summed E-state index contributed by atoms with van der Waals surface area (Å²) in [6.07, 6.45) is 1.38. The molecule has 1 amide bonds. The van der Waals surface area contributed by atoms with Crippen LogP contribution in [0.1, 0.15) is 6.92 Å². The summed E-state index contributed by atoms with van der Waals surface area (Å²) in [6.45, 7) is 1.39. The Hall–Kier alpha value is -2.81. The third-order valence-corrected chi connectivity index (χ3v) is 4.76. The zero-order valence-electron chi connectivity index (χ0n) is 13.9. The Morgan fingerprint density at radius 2 is 1.88 bits per heavy atom. The van der Waals surface area contributed by atoms with E-state index in [-0.39, 0.29) is 11.7 Å². The van der Waals surface area contributed by atoms with Crippen molar-refractivity contribution >= 4 is 34.6 Å². The van der Waals surface area contributed by atoms with Gasteiger partial charge in [0.2, 0.25) is 5.91 Å². The smallest absolute Gasteiger partial charge is 0.243 e. The number of benzene rings is 1. The van der Waals surface area contributed by atoms with Crippen molar-refractivity contribution in [1.29, 1.82) is 0 Å². The van der Waals surface area contributed by atoms with Gasteiger partial charge in [-0.3, -0.25) is 9.59 Å². The number of hydrogen-bond acceptors (Lipinski definition) is 7. The Balaban J connectivity index is 2.02. The maximum atomic E-state index is 12.3. The van der Waals surface area contributed by atoms with Gasteiger partial charge in [0.25, 0.3) is 0 Å². The highest BCUT2D eigenvalue weighted by Crippen LogP contribution is 2.28. The number of fused-ring (bicyclic) bond motifs is 1. The number of carbonyl (C=O) groups excluding carboxylic acids is 2. The molecule has 25 heavy (non-hydrogen) atoms. The highest BCUT2D eigenvalue weighted by atomic mass is 32.2. The first kappa shape index (κ1) is 17.0. The van der Waals surface area contributed by atoms with Gasteiger partial charge < -0.3 is 4.90 Å². The maximum Gasteiger partial charge on any atom is 0.243 e. The lowest BCUT2D eigenvalue weighted by Crippen LogP contribution is -2.36. The number of para-hydroxylation sites is 1. The van der Waals surface area contributed by atoms with Crippen molar-refractivity contribution in [3.8, 4) is 5.69 Å². The largest absolute Gasteiger partial charge is 0.347 e. The van der Waals surface area contributed by atoms with Gasteiger partial charge in [0.1, 0.15) is 16.6 Å². The summed E-state index contributed by atoms with van der Waals surface area (Å²) in [5, 5.41) is 7.84. The minimum Gasteiger partial charge on any atom is -0.347 e. The lowest BCUT2D eigenvalue weighted by atomic mass is 10.3. The molecule has 1 atom stereocenters. The highest BCUT2D eigenvalue weighted by Gasteiger charge is 2.28. The molecule has 0 fully saturated rings. The average molecular weight is 356 g/mol. The van der Waals surface area contributed by atoms with E-state index in [1.165, 1.54) is 18.2 Å². The van der Waals surface area contributed by atoms with E-state index in [2.05, 4.69) is 20.3 Å². The van der Waals surface area contributed by atoms with Crippen LogP contribution in [0.3, 0.4) is 0 Å². The lowest BCUT2D eigenvalue weighted by Gasteiger charge is -2.17. The van der Waals surface area contributed by atoms with Crippen LogP contribution in [0.25, 0.3) is 16.9 Å². The predicted molar refractivity (Wildman–Crippen MR) is 93.5 cm³/mol. The number of carbonyl (C=O) groups is 2. The van der Waals surface area contributed by atoms with Crippen LogP contribution in [-0.4, -0.2) is 60.9 Å². The summed E-state index contributed by atoms with van der Waals surface area (Å²) in [5.41, 5.74) is 1.78. The van der Waals surface area contributed by atoms with Gasteiger partial charge in [-0.25, -0.2) is 9.97 Å². The Labute approximate surface area is 148 Å². The normalized spacial score (nSPS) is 12.1. The van der Waals surface area contributed by atoms with Crippen LogP contribution >= 0.6 is 11.8 Å². The fraction of sp³-hybridized carbons (Fsp3) is 0.250. The van der Waals surface area contributed by atoms with Crippen molar-refractivity contribution in [2.24, 2.45) is 0 Å². The zero-order valence-corrected chi connectivity index (χ0v) is 14.8. The van der Waals surface area contributed by atoms with Crippen LogP contribution in [0.5, 0.6) is 0 Å². The molecule has 1 unspecified atom stereocenters. The highest BCUT2D eigenvalue weighted by molar-refractivity contribution is 8.01. The molecule has 0 aliphatic carbocycles. The first-order chi connectivity index (χ1) is 12.0. The van der Waals surface area contributed by atoms with Crippen molar-refractivity contribution in [2.75, 3.05) is 14.1 Å². The summed E-state index contributed by atoms with van der Waals surface area (Å²) >= 11 is 1.06. The second-order valence-electron chi connectivity index (χ2n) is 5.53. The fourth-order valence-electron chi connectivity index (χ4n) is 2.21. The summed E-state index contributed by atoms with van der Waals surface area (Å²) in [7, 11) is 3.22. The van der Waals surface area contributed by atoms with Gasteiger partial charge in [-0.15, -0.1) is 5.10 Å². The van der Waals surface area contributed by atoms with E-state index in [0.717, 1.165) is 17.4 Å². The second kappa shape index (κ2) is 6.98. The Bertz CT molecular complexity index is 925. The molecule has 0 N–H and O–H groups in total. The molecule has 3 rings (SSSR count). The third kappa shape index (κ3) is 3.36. The molecule has 0 spiro atoms. The van der Waals surface area contributed by atoms with Gasteiger partial charge in [-0.1, -0.05) is 35.2 Å². The first-order valence-electron chi connectivity index (χ1n) is 7.49. The molecule has 0 saturated heterocycles. The van der Waals surface area contributed by atoms with E-state index in [0.29, 0.717) is 16.2 Å². The van der Waals surface area contributed by atoms with Crippen LogP contribution in [0.4, 0.5) is 0 Å². The number of hydrogen-bond donors (Lipinski definition) is 0. The molecule has 128 valence electrons. The van der Waals surface area contributed by atoms with Crippen LogP contribution in [-0.2, 0) is 9.59 Å². The molecule has 2 heterocycles. The fourth-order valence-corrected chi connectivity index (χ4v) is 3.26. The molecule has 0 aliphatic rings. The molecule has 0 aliphatic heterocycles. The lowest BCUT2D eigenvalue weighted by molar-refractivity contribution is -0.132. The van der Waals surface area contributed by atoms with Crippen LogP contribution in [0.15, 0.2) is 41.7 Å². The van der Waals surface area contributed by atoms with E-state index < -0.39 is 5.25 Å². The minimum atomic E-state index is -0.880. The first-order valence-corrected chi connectivity index (χ1v) is 8.37. The number of ketones is 1. The van der Waals surface area contributed by atoms with E-state index in [1.807, 2.05) is 30.3 Å². The zero-order chi connectivity index (χ0) is 18.0. The number of nitrogens with zero attached hydrogens (tertiary/aromatic N) is 6. The van der Waals surface area contributed by atoms with Crippen LogP contribution in [0.2, 0.25) is 0 Å². The van der Waals surface area contributed by atoms with Crippen molar-refractivity contribution in [1.82, 2.24) is 29.9 Å². The SMILES string of the molecule is CC(=O)C(Sc1ncnc2c1nnn2-c1ccccc1)C(=O)N(C)C. The summed E-state index contributed by atoms with van der Waals surface area (Å²) in [4.78, 5) is 34.0. The topological polar surface area (TPSA) is 93.9 Å². The van der Waals surface area contributed by atoms with Gasteiger partial charge in [-0.2, -0.15) is 4.68 Å². The van der Waals surface area contributed by atoms with E-state index in [9.17, 15) is 9.59 Å². The summed E-state index contributed by atoms with van der Waals surface area (Å²) < 4.78 is 1.59. The van der Waals surface area contributed by atoms with Crippen LogP contribution in [0, 0.1) is 0 Å². The van der Waals surface area contributed by atoms with Gasteiger partial charge >= 0.3 is 0 Å². The molecule has 1 aromatic carbocycles. The van der Waals surface area contributed by atoms with Gasteiger partial charge in [-0.05, 0) is 19.1 Å². The number of aromatic nitrogens is 5. The molecule has 8 nitrogen and oxygen atoms in total. The molecule has 3 aromatic rings. The maximum absolute atomic E-state index is 12.3. The molecular formula is C16H16N6O2S. The number of thioether (sulfide) groups is 1. The van der Waals surface area contributed by atoms with Gasteiger partial charge in [0.15, 0.2) is 16.9 Å². The van der Waals surface area contributed by atoms with Crippen molar-refractivity contribution in [3.63, 3.8) is 0 Å². The van der Waals surface area contributed by atoms with E-state index in [4.69, 9.17) is 0 Å². The van der Waals surface area contributed by atoms with Gasteiger partial charge in [0.05, 0.1) is 5.69 Å². The monoisotopic (exact) mass is 356 g/mol. The Morgan fingerprint density at radius 1 is 1.16 bits per heavy atom. The average Bonchev–Trinajstić information content (AvgIpc) is 3.04. The number of Topliss-reactive ketones (excluding diaryl/α,β-unsaturated/α-hetero) is 1. The molecule has 2 aromatic heterocycles. The standard InChI is InChI=1S/C16H16N6O2S/c1-10(23)13(16(24)21(2)3)25-15-12-14(17-9-18-15)22(20-19-12)11-7-5-4-6-8-11/h4-9,13H,1-3H3. The molecule has 0 saturated carbocycles. The van der Waals surface area contributed by atoms with Crippen molar-refractivity contribution < 1.29 is 9.59 Å². The third-order valence-electron chi connectivity index (χ3n) is 3.47. The molecule has 0 bridgehead atoms. The van der Waals surface area contributed by atoms with Crippen molar-refractivity contribution in [3.05, 3.63) is 36.7 Å². The predicted octanol–water partition coefficient (Wildman–Crippen LogP) is 1.35. The van der Waals surface area contributed by atoms with Gasteiger partial charge in [0, 0.05) is 14.1 Å². The van der Waals surface area contributed by atoms with E-state index >= 15 is 0 Å². The molecular weight excluding hydrogens is 340 g/mol. The second-order valence-corrected chi connectivity index (χ2v) is 6.62. The summed E-state index contributed by atoms with van der Waals surface area (Å²) in [6, 6.07) is 9.46. The number of amides is 1. The van der Waals surface area contributed by atoms with E-state index in [1.54, 1.807) is 18.8 Å². The Kier molecular flexibility index (Phi) is 4.75. The number of rotatable bonds is 5. The quantitative estimate of drug-likeness (QED) is 0.387. The minimum absolute atomic E-state index is 0.245.